The lowest BCUT2D eigenvalue weighted by Crippen LogP contribution is -2.19. The zero-order valence-corrected chi connectivity index (χ0v) is 15.6. The van der Waals surface area contributed by atoms with Crippen LogP contribution < -0.4 is 0 Å². The smallest absolute Gasteiger partial charge is 0.0114 e. The minimum absolute atomic E-state index is 0.785. The Bertz CT molecular complexity index is 906. The summed E-state index contributed by atoms with van der Waals surface area (Å²) in [5.74, 6) is 1.61. The Balaban J connectivity index is 1.35. The maximum Gasteiger partial charge on any atom is -0.0114 e. The van der Waals surface area contributed by atoms with Crippen molar-refractivity contribution < 1.29 is 0 Å². The van der Waals surface area contributed by atoms with Crippen molar-refractivity contribution in [3.8, 4) is 0 Å². The third kappa shape index (κ3) is 2.86. The van der Waals surface area contributed by atoms with Crippen molar-refractivity contribution in [2.75, 3.05) is 0 Å². The van der Waals surface area contributed by atoms with E-state index in [-0.39, 0.29) is 0 Å². The highest BCUT2D eigenvalue weighted by Crippen LogP contribution is 2.49. The fraction of sp³-hybridized carbons (Fsp3) is 0.385. The zero-order chi connectivity index (χ0) is 17.3. The van der Waals surface area contributed by atoms with Crippen LogP contribution in [0.2, 0.25) is 0 Å². The molecule has 2 aliphatic rings. The summed E-state index contributed by atoms with van der Waals surface area (Å²) in [5.41, 5.74) is 6.52. The van der Waals surface area contributed by atoms with Crippen molar-refractivity contribution in [3.63, 3.8) is 0 Å². The molecular weight excluding hydrogens is 312 g/mol. The number of benzene rings is 3. The molecule has 0 saturated heterocycles. The molecule has 0 nitrogen and oxygen atoms in total. The van der Waals surface area contributed by atoms with E-state index in [4.69, 9.17) is 0 Å². The molecule has 0 bridgehead atoms. The minimum atomic E-state index is 0.785. The van der Waals surface area contributed by atoms with E-state index in [2.05, 4.69) is 60.7 Å². The Morgan fingerprint density at radius 2 is 1.69 bits per heavy atom. The molecule has 0 spiro atoms. The Morgan fingerprint density at radius 1 is 0.769 bits per heavy atom. The van der Waals surface area contributed by atoms with Gasteiger partial charge in [-0.3, -0.25) is 0 Å². The van der Waals surface area contributed by atoms with Gasteiger partial charge in [-0.05, 0) is 89.8 Å². The van der Waals surface area contributed by atoms with E-state index in [1.165, 1.54) is 62.3 Å². The highest BCUT2D eigenvalue weighted by atomic mass is 14.4. The van der Waals surface area contributed by atoms with Gasteiger partial charge in [0.05, 0.1) is 0 Å². The largest absolute Gasteiger partial charge is 0.0622 e. The number of hydrogen-bond donors (Lipinski definition) is 0. The molecule has 5 rings (SSSR count). The SMILES string of the molecule is c1ccc(CCCCC2CCC3CCc4cccc5ccc2c3c45)cc1. The standard InChI is InChI=1S/C26H28/c1-2-7-19(8-3-1)9-4-5-10-20-13-14-23-16-15-21-11-6-12-22-17-18-24(20)26(23)25(21)22/h1-3,6-8,11-12,17-18,20,23H,4-5,9-10,13-16H2. The maximum absolute atomic E-state index is 2.47. The van der Waals surface area contributed by atoms with E-state index in [1.54, 1.807) is 22.1 Å². The van der Waals surface area contributed by atoms with Crippen molar-refractivity contribution >= 4 is 10.8 Å². The van der Waals surface area contributed by atoms with Crippen molar-refractivity contribution in [2.24, 2.45) is 0 Å². The zero-order valence-electron chi connectivity index (χ0n) is 15.6. The molecule has 0 heteroatoms. The van der Waals surface area contributed by atoms with Crippen molar-refractivity contribution in [2.45, 2.75) is 63.2 Å². The molecule has 0 radical (unpaired) electrons. The molecular formula is C26H28. The quantitative estimate of drug-likeness (QED) is 0.432. The third-order valence-electron chi connectivity index (χ3n) is 6.79. The van der Waals surface area contributed by atoms with Gasteiger partial charge in [-0.25, -0.2) is 0 Å². The van der Waals surface area contributed by atoms with Crippen LogP contribution in [0.5, 0.6) is 0 Å². The second kappa shape index (κ2) is 6.91. The van der Waals surface area contributed by atoms with E-state index in [0.717, 1.165) is 11.8 Å². The molecule has 2 atom stereocenters. The Labute approximate surface area is 157 Å². The first kappa shape index (κ1) is 16.1. The minimum Gasteiger partial charge on any atom is -0.0622 e. The molecule has 0 heterocycles. The van der Waals surface area contributed by atoms with Crippen LogP contribution in [0.1, 0.15) is 72.6 Å². The summed E-state index contributed by atoms with van der Waals surface area (Å²) in [4.78, 5) is 0. The van der Waals surface area contributed by atoms with Crippen LogP contribution in [-0.4, -0.2) is 0 Å². The Morgan fingerprint density at radius 3 is 2.62 bits per heavy atom. The van der Waals surface area contributed by atoms with E-state index >= 15 is 0 Å². The molecule has 3 aromatic rings. The predicted octanol–water partition coefficient (Wildman–Crippen LogP) is 7.16. The van der Waals surface area contributed by atoms with Gasteiger partial charge in [0, 0.05) is 0 Å². The summed E-state index contributed by atoms with van der Waals surface area (Å²) < 4.78 is 0. The number of hydrogen-bond acceptors (Lipinski definition) is 0. The lowest BCUT2D eigenvalue weighted by Gasteiger charge is -2.36. The Kier molecular flexibility index (Phi) is 4.28. The van der Waals surface area contributed by atoms with Gasteiger partial charge < -0.3 is 0 Å². The van der Waals surface area contributed by atoms with Gasteiger partial charge in [0.2, 0.25) is 0 Å². The van der Waals surface area contributed by atoms with Crippen LogP contribution >= 0.6 is 0 Å². The van der Waals surface area contributed by atoms with Crippen LogP contribution in [0.15, 0.2) is 60.7 Å². The highest BCUT2D eigenvalue weighted by molar-refractivity contribution is 5.91. The fourth-order valence-electron chi connectivity index (χ4n) is 5.49. The van der Waals surface area contributed by atoms with Gasteiger partial charge in [0.15, 0.2) is 0 Å². The first-order valence-corrected chi connectivity index (χ1v) is 10.5. The normalized spacial score (nSPS) is 21.1. The van der Waals surface area contributed by atoms with Gasteiger partial charge in [-0.15, -0.1) is 0 Å². The van der Waals surface area contributed by atoms with Crippen LogP contribution in [0.4, 0.5) is 0 Å². The summed E-state index contributed by atoms with van der Waals surface area (Å²) in [7, 11) is 0. The van der Waals surface area contributed by atoms with E-state index in [1.807, 2.05) is 0 Å². The number of rotatable bonds is 5. The topological polar surface area (TPSA) is 0 Å². The van der Waals surface area contributed by atoms with Crippen molar-refractivity contribution in [1.29, 1.82) is 0 Å². The molecule has 0 N–H and O–H groups in total. The van der Waals surface area contributed by atoms with Gasteiger partial charge in [-0.1, -0.05) is 67.1 Å². The highest BCUT2D eigenvalue weighted by Gasteiger charge is 2.31. The van der Waals surface area contributed by atoms with Crippen molar-refractivity contribution in [3.05, 3.63) is 82.9 Å². The summed E-state index contributed by atoms with van der Waals surface area (Å²) in [6.45, 7) is 0. The predicted molar refractivity (Wildman–Crippen MR) is 111 cm³/mol. The summed E-state index contributed by atoms with van der Waals surface area (Å²) in [6.07, 6.45) is 10.7. The monoisotopic (exact) mass is 340 g/mol. The van der Waals surface area contributed by atoms with E-state index in [9.17, 15) is 0 Å². The van der Waals surface area contributed by atoms with Crippen LogP contribution in [0.25, 0.3) is 10.8 Å². The Hall–Kier alpha value is -2.08. The number of unbranched alkanes of at least 4 members (excludes halogenated alkanes) is 1. The summed E-state index contributed by atoms with van der Waals surface area (Å²) in [6, 6.07) is 22.7. The molecule has 0 amide bonds. The maximum atomic E-state index is 2.47. The number of aryl methyl sites for hydroxylation is 2. The second-order valence-corrected chi connectivity index (χ2v) is 8.32. The average molecular weight is 341 g/mol. The molecule has 2 aliphatic carbocycles. The van der Waals surface area contributed by atoms with Gasteiger partial charge >= 0.3 is 0 Å². The molecule has 132 valence electrons. The van der Waals surface area contributed by atoms with Gasteiger partial charge in [-0.2, -0.15) is 0 Å². The van der Waals surface area contributed by atoms with Crippen molar-refractivity contribution in [1.82, 2.24) is 0 Å². The lowest BCUT2D eigenvalue weighted by atomic mass is 9.68. The van der Waals surface area contributed by atoms with E-state index < -0.39 is 0 Å². The molecule has 2 unspecified atom stereocenters. The fourth-order valence-corrected chi connectivity index (χ4v) is 5.49. The summed E-state index contributed by atoms with van der Waals surface area (Å²) in [5, 5.41) is 3.09. The van der Waals surface area contributed by atoms with Crippen LogP contribution in [0.3, 0.4) is 0 Å². The molecule has 26 heavy (non-hydrogen) atoms. The summed E-state index contributed by atoms with van der Waals surface area (Å²) >= 11 is 0. The molecule has 0 aliphatic heterocycles. The molecule has 0 fully saturated rings. The van der Waals surface area contributed by atoms with Crippen LogP contribution in [0, 0.1) is 0 Å². The average Bonchev–Trinajstić information content (AvgIpc) is 2.71. The first-order valence-electron chi connectivity index (χ1n) is 10.5. The molecule has 0 saturated carbocycles. The van der Waals surface area contributed by atoms with Crippen LogP contribution in [-0.2, 0) is 12.8 Å². The van der Waals surface area contributed by atoms with Gasteiger partial charge in [0.25, 0.3) is 0 Å². The molecule has 3 aromatic carbocycles. The third-order valence-corrected chi connectivity index (χ3v) is 6.79. The first-order chi connectivity index (χ1) is 12.9. The molecule has 0 aromatic heterocycles. The second-order valence-electron chi connectivity index (χ2n) is 8.32. The van der Waals surface area contributed by atoms with E-state index in [0.29, 0.717) is 0 Å². The van der Waals surface area contributed by atoms with Gasteiger partial charge in [0.1, 0.15) is 0 Å². The lowest BCUT2D eigenvalue weighted by molar-refractivity contribution is 0.434.